The number of nitrogens with two attached hydrogens (primary N) is 1. The van der Waals surface area contributed by atoms with Crippen molar-refractivity contribution in [3.05, 3.63) is 30.9 Å². The predicted molar refractivity (Wildman–Crippen MR) is 50.9 cm³/mol. The zero-order chi connectivity index (χ0) is 9.26. The Bertz CT molecular complexity index is 419. The monoisotopic (exact) mass is 174 g/mol. The van der Waals surface area contributed by atoms with Crippen molar-refractivity contribution in [2.75, 3.05) is 5.73 Å². The molecule has 0 aliphatic carbocycles. The van der Waals surface area contributed by atoms with Gasteiger partial charge >= 0.3 is 0 Å². The molecule has 0 unspecified atom stereocenters. The fourth-order valence-electron chi connectivity index (χ4n) is 1.17. The smallest absolute Gasteiger partial charge is 0.123 e. The number of rotatable bonds is 1. The Balaban J connectivity index is 2.46. The second-order valence-corrected chi connectivity index (χ2v) is 2.89. The highest BCUT2D eigenvalue weighted by Gasteiger charge is 2.00. The molecule has 2 heterocycles. The maximum absolute atomic E-state index is 5.56. The molecule has 0 bridgehead atoms. The van der Waals surface area contributed by atoms with E-state index in [1.165, 1.54) is 0 Å². The number of aromatic nitrogens is 3. The van der Waals surface area contributed by atoms with E-state index in [0.717, 1.165) is 11.3 Å². The Morgan fingerprint density at radius 2 is 2.23 bits per heavy atom. The molecule has 2 aromatic heterocycles. The number of nitrogen functional groups attached to an aromatic ring is 1. The van der Waals surface area contributed by atoms with Gasteiger partial charge in [0, 0.05) is 25.0 Å². The first-order chi connectivity index (χ1) is 6.25. The standard InChI is InChI=1S/C9H10N4/c1-13-5-8(12-6-13)7-2-3-11-9(10)4-7/h2-6H,1H3,(H2,10,11). The first-order valence-electron chi connectivity index (χ1n) is 3.95. The molecule has 0 spiro atoms. The Labute approximate surface area is 76.1 Å². The van der Waals surface area contributed by atoms with E-state index < -0.39 is 0 Å². The van der Waals surface area contributed by atoms with Crippen molar-refractivity contribution < 1.29 is 0 Å². The summed E-state index contributed by atoms with van der Waals surface area (Å²) < 4.78 is 1.89. The van der Waals surface area contributed by atoms with Crippen LogP contribution in [0.25, 0.3) is 11.3 Å². The summed E-state index contributed by atoms with van der Waals surface area (Å²) in [7, 11) is 1.93. The summed E-state index contributed by atoms with van der Waals surface area (Å²) in [6.07, 6.45) is 5.38. The molecule has 4 nitrogen and oxygen atoms in total. The Kier molecular flexibility index (Phi) is 1.73. The van der Waals surface area contributed by atoms with E-state index in [0.29, 0.717) is 5.82 Å². The van der Waals surface area contributed by atoms with Crippen LogP contribution in [-0.2, 0) is 7.05 Å². The molecule has 13 heavy (non-hydrogen) atoms. The van der Waals surface area contributed by atoms with Gasteiger partial charge in [-0.25, -0.2) is 9.97 Å². The summed E-state index contributed by atoms with van der Waals surface area (Å²) in [6.45, 7) is 0. The van der Waals surface area contributed by atoms with E-state index in [2.05, 4.69) is 9.97 Å². The average molecular weight is 174 g/mol. The molecular weight excluding hydrogens is 164 g/mol. The lowest BCUT2D eigenvalue weighted by Crippen LogP contribution is -1.89. The quantitative estimate of drug-likeness (QED) is 0.703. The number of nitrogens with zero attached hydrogens (tertiary/aromatic N) is 3. The summed E-state index contributed by atoms with van der Waals surface area (Å²) in [5.74, 6) is 0.517. The van der Waals surface area contributed by atoms with Crippen molar-refractivity contribution in [3.8, 4) is 11.3 Å². The van der Waals surface area contributed by atoms with Crippen molar-refractivity contribution in [3.63, 3.8) is 0 Å². The van der Waals surface area contributed by atoms with Gasteiger partial charge in [-0.2, -0.15) is 0 Å². The minimum atomic E-state index is 0.517. The fraction of sp³-hybridized carbons (Fsp3) is 0.111. The zero-order valence-corrected chi connectivity index (χ0v) is 7.31. The first-order valence-corrected chi connectivity index (χ1v) is 3.95. The Morgan fingerprint density at radius 3 is 2.85 bits per heavy atom. The minimum absolute atomic E-state index is 0.517. The number of imidazole rings is 1. The molecule has 66 valence electrons. The zero-order valence-electron chi connectivity index (χ0n) is 7.31. The van der Waals surface area contributed by atoms with Crippen LogP contribution in [0.15, 0.2) is 30.9 Å². The van der Waals surface area contributed by atoms with Crippen LogP contribution in [0.5, 0.6) is 0 Å². The number of hydrogen-bond donors (Lipinski definition) is 1. The summed E-state index contributed by atoms with van der Waals surface area (Å²) in [5, 5.41) is 0. The van der Waals surface area contributed by atoms with E-state index in [1.807, 2.05) is 29.9 Å². The average Bonchev–Trinajstić information content (AvgIpc) is 2.52. The van der Waals surface area contributed by atoms with Crippen LogP contribution in [0, 0.1) is 0 Å². The van der Waals surface area contributed by atoms with Gasteiger partial charge in [0.2, 0.25) is 0 Å². The maximum Gasteiger partial charge on any atom is 0.123 e. The van der Waals surface area contributed by atoms with Gasteiger partial charge in [0.1, 0.15) is 5.82 Å². The second kappa shape index (κ2) is 2.90. The summed E-state index contributed by atoms with van der Waals surface area (Å²) >= 11 is 0. The van der Waals surface area contributed by atoms with Gasteiger partial charge in [-0.3, -0.25) is 0 Å². The molecule has 0 atom stereocenters. The molecule has 0 saturated carbocycles. The van der Waals surface area contributed by atoms with Crippen molar-refractivity contribution in [1.82, 2.24) is 14.5 Å². The molecule has 0 aliphatic heterocycles. The normalized spacial score (nSPS) is 10.2. The van der Waals surface area contributed by atoms with Crippen LogP contribution in [0.1, 0.15) is 0 Å². The van der Waals surface area contributed by atoms with Gasteiger partial charge in [-0.1, -0.05) is 0 Å². The number of aryl methyl sites for hydroxylation is 1. The molecule has 0 radical (unpaired) electrons. The molecule has 2 rings (SSSR count). The van der Waals surface area contributed by atoms with Crippen molar-refractivity contribution >= 4 is 5.82 Å². The van der Waals surface area contributed by atoms with Crippen molar-refractivity contribution in [2.45, 2.75) is 0 Å². The van der Waals surface area contributed by atoms with Crippen LogP contribution in [0.3, 0.4) is 0 Å². The van der Waals surface area contributed by atoms with E-state index in [9.17, 15) is 0 Å². The van der Waals surface area contributed by atoms with Crippen LogP contribution >= 0.6 is 0 Å². The van der Waals surface area contributed by atoms with E-state index in [4.69, 9.17) is 5.73 Å². The molecule has 0 amide bonds. The predicted octanol–water partition coefficient (Wildman–Crippen LogP) is 1.06. The van der Waals surface area contributed by atoms with Gasteiger partial charge in [0.15, 0.2) is 0 Å². The van der Waals surface area contributed by atoms with Crippen LogP contribution in [0.2, 0.25) is 0 Å². The number of anilines is 1. The van der Waals surface area contributed by atoms with Gasteiger partial charge in [0.25, 0.3) is 0 Å². The topological polar surface area (TPSA) is 56.7 Å². The molecule has 4 heteroatoms. The molecule has 2 N–H and O–H groups in total. The van der Waals surface area contributed by atoms with Gasteiger partial charge in [-0.05, 0) is 12.1 Å². The number of pyridine rings is 1. The van der Waals surface area contributed by atoms with Gasteiger partial charge in [0.05, 0.1) is 12.0 Å². The van der Waals surface area contributed by atoms with Crippen LogP contribution in [-0.4, -0.2) is 14.5 Å². The number of hydrogen-bond acceptors (Lipinski definition) is 3. The highest BCUT2D eigenvalue weighted by Crippen LogP contribution is 2.16. The third kappa shape index (κ3) is 1.51. The van der Waals surface area contributed by atoms with Gasteiger partial charge in [-0.15, -0.1) is 0 Å². The van der Waals surface area contributed by atoms with Crippen LogP contribution in [0.4, 0.5) is 5.82 Å². The molecule has 0 aromatic carbocycles. The van der Waals surface area contributed by atoms with E-state index in [-0.39, 0.29) is 0 Å². The Morgan fingerprint density at radius 1 is 1.38 bits per heavy atom. The summed E-state index contributed by atoms with van der Waals surface area (Å²) in [6, 6.07) is 3.70. The van der Waals surface area contributed by atoms with Crippen molar-refractivity contribution in [2.24, 2.45) is 7.05 Å². The fourth-order valence-corrected chi connectivity index (χ4v) is 1.17. The highest BCUT2D eigenvalue weighted by molar-refractivity contribution is 5.60. The molecular formula is C9H10N4. The lowest BCUT2D eigenvalue weighted by Gasteiger charge is -1.96. The molecule has 0 saturated heterocycles. The van der Waals surface area contributed by atoms with E-state index in [1.54, 1.807) is 12.5 Å². The molecule has 2 aromatic rings. The van der Waals surface area contributed by atoms with Crippen LogP contribution < -0.4 is 5.73 Å². The largest absolute Gasteiger partial charge is 0.384 e. The summed E-state index contributed by atoms with van der Waals surface area (Å²) in [4.78, 5) is 8.12. The SMILES string of the molecule is Cn1cnc(-c2ccnc(N)c2)c1. The van der Waals surface area contributed by atoms with Gasteiger partial charge < -0.3 is 10.3 Å². The summed E-state index contributed by atoms with van der Waals surface area (Å²) in [5.41, 5.74) is 7.46. The maximum atomic E-state index is 5.56. The minimum Gasteiger partial charge on any atom is -0.384 e. The Hall–Kier alpha value is -1.84. The third-order valence-electron chi connectivity index (χ3n) is 1.78. The lowest BCUT2D eigenvalue weighted by molar-refractivity contribution is 0.913. The van der Waals surface area contributed by atoms with E-state index >= 15 is 0 Å². The lowest BCUT2D eigenvalue weighted by atomic mass is 10.2. The van der Waals surface area contributed by atoms with Crippen molar-refractivity contribution in [1.29, 1.82) is 0 Å². The third-order valence-corrected chi connectivity index (χ3v) is 1.78. The highest BCUT2D eigenvalue weighted by atomic mass is 15.0. The molecule has 0 fully saturated rings. The first kappa shape index (κ1) is 7.79. The second-order valence-electron chi connectivity index (χ2n) is 2.89. The molecule has 0 aliphatic rings.